The zero-order chi connectivity index (χ0) is 11.9. The number of para-hydroxylation sites is 1. The van der Waals surface area contributed by atoms with Crippen molar-refractivity contribution in [2.24, 2.45) is 0 Å². The first-order valence-electron chi connectivity index (χ1n) is 5.49. The van der Waals surface area contributed by atoms with Gasteiger partial charge in [0.25, 0.3) is 0 Å². The molecule has 0 saturated carbocycles. The molecule has 0 aliphatic carbocycles. The summed E-state index contributed by atoms with van der Waals surface area (Å²) in [6.07, 6.45) is 3.49. The van der Waals surface area contributed by atoms with Gasteiger partial charge in [-0.1, -0.05) is 24.3 Å². The summed E-state index contributed by atoms with van der Waals surface area (Å²) < 4.78 is 11.0. The number of ether oxygens (including phenoxy) is 2. The van der Waals surface area contributed by atoms with Crippen LogP contribution >= 0.6 is 0 Å². The molecule has 0 saturated heterocycles. The molecule has 0 amide bonds. The molecule has 0 atom stereocenters. The molecule has 0 aromatic heterocycles. The monoisotopic (exact) mass is 226 g/mol. The SMILES string of the molecule is C/C=C/Oc1ccc(Oc2ccccc2)cc1. The van der Waals surface area contributed by atoms with Crippen molar-refractivity contribution in [1.82, 2.24) is 0 Å². The quantitative estimate of drug-likeness (QED) is 0.720. The Kier molecular flexibility index (Phi) is 3.81. The molecular formula is C15H14O2. The average molecular weight is 226 g/mol. The number of hydrogen-bond acceptors (Lipinski definition) is 2. The number of hydrogen-bond donors (Lipinski definition) is 0. The van der Waals surface area contributed by atoms with E-state index in [0.717, 1.165) is 17.2 Å². The maximum absolute atomic E-state index is 5.66. The Morgan fingerprint density at radius 2 is 1.35 bits per heavy atom. The van der Waals surface area contributed by atoms with Crippen molar-refractivity contribution in [1.29, 1.82) is 0 Å². The standard InChI is InChI=1S/C15H14O2/c1-2-12-16-13-8-10-15(11-9-13)17-14-6-4-3-5-7-14/h2-12H,1H3/b12-2+. The minimum absolute atomic E-state index is 0.795. The van der Waals surface area contributed by atoms with Crippen LogP contribution in [0.1, 0.15) is 6.92 Å². The largest absolute Gasteiger partial charge is 0.465 e. The van der Waals surface area contributed by atoms with Crippen LogP contribution in [0, 0.1) is 0 Å². The van der Waals surface area contributed by atoms with Crippen molar-refractivity contribution in [3.63, 3.8) is 0 Å². The molecule has 0 heterocycles. The first kappa shape index (κ1) is 11.3. The van der Waals surface area contributed by atoms with Gasteiger partial charge < -0.3 is 9.47 Å². The van der Waals surface area contributed by atoms with Gasteiger partial charge in [0.2, 0.25) is 0 Å². The average Bonchev–Trinajstić information content (AvgIpc) is 2.39. The van der Waals surface area contributed by atoms with Gasteiger partial charge in [-0.05, 0) is 43.3 Å². The highest BCUT2D eigenvalue weighted by molar-refractivity contribution is 5.35. The molecule has 0 spiro atoms. The Morgan fingerprint density at radius 3 is 2.00 bits per heavy atom. The Morgan fingerprint density at radius 1 is 0.765 bits per heavy atom. The van der Waals surface area contributed by atoms with Crippen LogP contribution in [-0.2, 0) is 0 Å². The molecule has 86 valence electrons. The minimum atomic E-state index is 0.795. The van der Waals surface area contributed by atoms with Gasteiger partial charge in [0.1, 0.15) is 17.2 Å². The summed E-state index contributed by atoms with van der Waals surface area (Å²) in [5, 5.41) is 0. The lowest BCUT2D eigenvalue weighted by atomic mass is 10.3. The van der Waals surface area contributed by atoms with Gasteiger partial charge >= 0.3 is 0 Å². The van der Waals surface area contributed by atoms with E-state index >= 15 is 0 Å². The first-order valence-corrected chi connectivity index (χ1v) is 5.49. The second kappa shape index (κ2) is 5.75. The van der Waals surface area contributed by atoms with Crippen molar-refractivity contribution in [2.45, 2.75) is 6.92 Å². The van der Waals surface area contributed by atoms with E-state index in [1.165, 1.54) is 0 Å². The molecule has 2 aromatic carbocycles. The van der Waals surface area contributed by atoms with E-state index in [0.29, 0.717) is 0 Å². The lowest BCUT2D eigenvalue weighted by Crippen LogP contribution is -1.84. The molecule has 0 bridgehead atoms. The molecule has 2 aromatic rings. The van der Waals surface area contributed by atoms with Crippen LogP contribution < -0.4 is 9.47 Å². The molecule has 0 aliphatic rings. The highest BCUT2D eigenvalue weighted by Gasteiger charge is 1.96. The maximum atomic E-state index is 5.66. The van der Waals surface area contributed by atoms with Gasteiger partial charge in [0.05, 0.1) is 6.26 Å². The van der Waals surface area contributed by atoms with Gasteiger partial charge in [0, 0.05) is 0 Å². The molecule has 2 heteroatoms. The Bertz CT molecular complexity index is 472. The molecule has 2 rings (SSSR count). The fourth-order valence-corrected chi connectivity index (χ4v) is 1.36. The van der Waals surface area contributed by atoms with Gasteiger partial charge in [-0.2, -0.15) is 0 Å². The number of allylic oxidation sites excluding steroid dienone is 1. The third-order valence-corrected chi connectivity index (χ3v) is 2.14. The van der Waals surface area contributed by atoms with E-state index in [4.69, 9.17) is 9.47 Å². The third kappa shape index (κ3) is 3.38. The van der Waals surface area contributed by atoms with Gasteiger partial charge in [-0.15, -0.1) is 0 Å². The second-order valence-electron chi connectivity index (χ2n) is 3.47. The molecule has 2 nitrogen and oxygen atoms in total. The second-order valence-corrected chi connectivity index (χ2v) is 3.47. The van der Waals surface area contributed by atoms with Crippen LogP contribution in [0.15, 0.2) is 66.9 Å². The Labute approximate surface area is 101 Å². The smallest absolute Gasteiger partial charge is 0.127 e. The highest BCUT2D eigenvalue weighted by Crippen LogP contribution is 2.23. The van der Waals surface area contributed by atoms with Gasteiger partial charge in [-0.25, -0.2) is 0 Å². The lowest BCUT2D eigenvalue weighted by Gasteiger charge is -2.06. The van der Waals surface area contributed by atoms with E-state index in [1.807, 2.05) is 67.6 Å². The number of benzene rings is 2. The predicted molar refractivity (Wildman–Crippen MR) is 68.4 cm³/mol. The summed E-state index contributed by atoms with van der Waals surface area (Å²) in [7, 11) is 0. The predicted octanol–water partition coefficient (Wildman–Crippen LogP) is 4.39. The molecule has 0 radical (unpaired) electrons. The van der Waals surface area contributed by atoms with Crippen LogP contribution in [0.3, 0.4) is 0 Å². The Balaban J connectivity index is 2.03. The first-order chi connectivity index (χ1) is 8.38. The van der Waals surface area contributed by atoms with Crippen molar-refractivity contribution in [3.05, 3.63) is 66.9 Å². The highest BCUT2D eigenvalue weighted by atomic mass is 16.5. The Hall–Kier alpha value is -2.22. The molecule has 0 N–H and O–H groups in total. The van der Waals surface area contributed by atoms with E-state index in [2.05, 4.69) is 0 Å². The normalized spacial score (nSPS) is 10.4. The molecule has 0 unspecified atom stereocenters. The van der Waals surface area contributed by atoms with Crippen LogP contribution in [-0.4, -0.2) is 0 Å². The van der Waals surface area contributed by atoms with E-state index in [1.54, 1.807) is 6.26 Å². The number of rotatable bonds is 4. The van der Waals surface area contributed by atoms with Crippen LogP contribution in [0.4, 0.5) is 0 Å². The molecular weight excluding hydrogens is 212 g/mol. The maximum Gasteiger partial charge on any atom is 0.127 e. The van der Waals surface area contributed by atoms with E-state index < -0.39 is 0 Å². The molecule has 17 heavy (non-hydrogen) atoms. The molecule has 0 fully saturated rings. The van der Waals surface area contributed by atoms with E-state index in [9.17, 15) is 0 Å². The zero-order valence-corrected chi connectivity index (χ0v) is 9.67. The fraction of sp³-hybridized carbons (Fsp3) is 0.0667. The molecule has 0 aliphatic heterocycles. The summed E-state index contributed by atoms with van der Waals surface area (Å²) >= 11 is 0. The van der Waals surface area contributed by atoms with Crippen LogP contribution in [0.2, 0.25) is 0 Å². The van der Waals surface area contributed by atoms with Gasteiger partial charge in [-0.3, -0.25) is 0 Å². The minimum Gasteiger partial charge on any atom is -0.465 e. The van der Waals surface area contributed by atoms with Crippen molar-refractivity contribution in [2.75, 3.05) is 0 Å². The third-order valence-electron chi connectivity index (χ3n) is 2.14. The summed E-state index contributed by atoms with van der Waals surface area (Å²) in [6, 6.07) is 17.2. The fourth-order valence-electron chi connectivity index (χ4n) is 1.36. The van der Waals surface area contributed by atoms with Crippen molar-refractivity contribution < 1.29 is 9.47 Å². The summed E-state index contributed by atoms with van der Waals surface area (Å²) in [6.45, 7) is 1.91. The topological polar surface area (TPSA) is 18.5 Å². The summed E-state index contributed by atoms with van der Waals surface area (Å²) in [5.41, 5.74) is 0. The zero-order valence-electron chi connectivity index (χ0n) is 9.67. The van der Waals surface area contributed by atoms with Crippen LogP contribution in [0.25, 0.3) is 0 Å². The van der Waals surface area contributed by atoms with Crippen LogP contribution in [0.5, 0.6) is 17.2 Å². The van der Waals surface area contributed by atoms with Crippen molar-refractivity contribution in [3.8, 4) is 17.2 Å². The van der Waals surface area contributed by atoms with E-state index in [-0.39, 0.29) is 0 Å². The lowest BCUT2D eigenvalue weighted by molar-refractivity contribution is 0.468. The summed E-state index contributed by atoms with van der Waals surface area (Å²) in [4.78, 5) is 0. The van der Waals surface area contributed by atoms with Gasteiger partial charge in [0.15, 0.2) is 0 Å². The van der Waals surface area contributed by atoms with Crippen molar-refractivity contribution >= 4 is 0 Å². The summed E-state index contributed by atoms with van der Waals surface area (Å²) in [5.74, 6) is 2.42.